The van der Waals surface area contributed by atoms with Gasteiger partial charge in [0.25, 0.3) is 0 Å². The van der Waals surface area contributed by atoms with E-state index in [0.717, 1.165) is 24.8 Å². The Hall–Kier alpha value is -0.430. The molecule has 0 bridgehead atoms. The van der Waals surface area contributed by atoms with Crippen molar-refractivity contribution in [2.75, 3.05) is 6.54 Å². The van der Waals surface area contributed by atoms with Gasteiger partial charge in [0.05, 0.1) is 4.90 Å². The van der Waals surface area contributed by atoms with Gasteiger partial charge in [-0.3, -0.25) is 0 Å². The molecular weight excluding hydrogens is 328 g/mol. The molecule has 0 spiro atoms. The van der Waals surface area contributed by atoms with Crippen LogP contribution in [0.25, 0.3) is 0 Å². The summed E-state index contributed by atoms with van der Waals surface area (Å²) < 4.78 is 28.2. The lowest BCUT2D eigenvalue weighted by Gasteiger charge is -2.20. The molecule has 3 N–H and O–H groups in total. The summed E-state index contributed by atoms with van der Waals surface area (Å²) in [6.07, 6.45) is 2.90. The second-order valence-electron chi connectivity index (χ2n) is 5.09. The van der Waals surface area contributed by atoms with Crippen molar-refractivity contribution in [2.45, 2.75) is 37.1 Å². The van der Waals surface area contributed by atoms with Crippen molar-refractivity contribution >= 4 is 26.0 Å². The third-order valence-corrected chi connectivity index (χ3v) is 6.11. The number of nitrogens with two attached hydrogens (primary N) is 1. The number of nitrogens with one attached hydrogen (secondary N) is 1. The molecular formula is C13H19BrN2O2S. The summed E-state index contributed by atoms with van der Waals surface area (Å²) in [7, 11) is -3.49. The Morgan fingerprint density at radius 1 is 1.42 bits per heavy atom. The molecule has 2 atom stereocenters. The van der Waals surface area contributed by atoms with Crippen LogP contribution in [0.5, 0.6) is 0 Å². The van der Waals surface area contributed by atoms with E-state index in [2.05, 4.69) is 20.7 Å². The Balaban J connectivity index is 2.23. The second kappa shape index (κ2) is 5.91. The van der Waals surface area contributed by atoms with Crippen molar-refractivity contribution in [2.24, 2.45) is 11.7 Å². The molecule has 6 heteroatoms. The van der Waals surface area contributed by atoms with Crippen molar-refractivity contribution in [3.8, 4) is 0 Å². The minimum absolute atomic E-state index is 0.0387. The van der Waals surface area contributed by atoms with E-state index in [9.17, 15) is 8.42 Å². The van der Waals surface area contributed by atoms with Gasteiger partial charge in [-0.2, -0.15) is 0 Å². The number of halogens is 1. The predicted octanol–water partition coefficient (Wildman–Crippen LogP) is 2.16. The summed E-state index contributed by atoms with van der Waals surface area (Å²) in [5.41, 5.74) is 6.71. The predicted molar refractivity (Wildman–Crippen MR) is 79.4 cm³/mol. The molecule has 1 fully saturated rings. The molecule has 1 aliphatic rings. The van der Waals surface area contributed by atoms with Gasteiger partial charge in [-0.1, -0.05) is 12.5 Å². The van der Waals surface area contributed by atoms with Crippen LogP contribution in [0, 0.1) is 12.8 Å². The lowest BCUT2D eigenvalue weighted by atomic mass is 10.1. The van der Waals surface area contributed by atoms with E-state index in [4.69, 9.17) is 5.73 Å². The minimum atomic E-state index is -3.49. The molecule has 1 aromatic rings. The molecule has 0 heterocycles. The zero-order chi connectivity index (χ0) is 14.0. The highest BCUT2D eigenvalue weighted by atomic mass is 79.9. The zero-order valence-electron chi connectivity index (χ0n) is 10.9. The van der Waals surface area contributed by atoms with Crippen molar-refractivity contribution in [3.05, 3.63) is 28.2 Å². The van der Waals surface area contributed by atoms with E-state index in [-0.39, 0.29) is 12.0 Å². The molecule has 0 amide bonds. The normalized spacial score (nSPS) is 23.7. The van der Waals surface area contributed by atoms with Gasteiger partial charge in [-0.15, -0.1) is 0 Å². The standard InChI is InChI=1S/C13H19BrN2O2S/c1-9-5-6-13(11(14)7-9)19(17,18)16-12-4-2-3-10(12)8-15/h5-7,10,12,16H,2-4,8,15H2,1H3. The summed E-state index contributed by atoms with van der Waals surface area (Å²) in [5.74, 6) is 0.249. The van der Waals surface area contributed by atoms with Crippen LogP contribution in [-0.2, 0) is 10.0 Å². The van der Waals surface area contributed by atoms with Gasteiger partial charge in [-0.05, 0) is 65.9 Å². The van der Waals surface area contributed by atoms with E-state index in [1.807, 2.05) is 13.0 Å². The van der Waals surface area contributed by atoms with Crippen molar-refractivity contribution in [3.63, 3.8) is 0 Å². The maximum atomic E-state index is 12.4. The smallest absolute Gasteiger partial charge is 0.241 e. The molecule has 4 nitrogen and oxygen atoms in total. The first-order chi connectivity index (χ1) is 8.94. The van der Waals surface area contributed by atoms with Gasteiger partial charge in [-0.25, -0.2) is 13.1 Å². The molecule has 2 unspecified atom stereocenters. The Labute approximate surface area is 122 Å². The third-order valence-electron chi connectivity index (χ3n) is 3.65. The first-order valence-corrected chi connectivity index (χ1v) is 8.70. The highest BCUT2D eigenvalue weighted by Crippen LogP contribution is 2.28. The van der Waals surface area contributed by atoms with Gasteiger partial charge >= 0.3 is 0 Å². The lowest BCUT2D eigenvalue weighted by Crippen LogP contribution is -2.39. The number of hydrogen-bond acceptors (Lipinski definition) is 3. The van der Waals surface area contributed by atoms with Crippen LogP contribution in [0.2, 0.25) is 0 Å². The molecule has 106 valence electrons. The number of hydrogen-bond donors (Lipinski definition) is 2. The molecule has 1 aromatic carbocycles. The molecule has 0 aliphatic heterocycles. The molecule has 1 aliphatic carbocycles. The van der Waals surface area contributed by atoms with Crippen molar-refractivity contribution in [1.29, 1.82) is 0 Å². The fraction of sp³-hybridized carbons (Fsp3) is 0.538. The first kappa shape index (κ1) is 15.0. The SMILES string of the molecule is Cc1ccc(S(=O)(=O)NC2CCCC2CN)c(Br)c1. The van der Waals surface area contributed by atoms with Crippen LogP contribution >= 0.6 is 15.9 Å². The van der Waals surface area contributed by atoms with E-state index in [0.29, 0.717) is 15.9 Å². The van der Waals surface area contributed by atoms with Gasteiger partial charge in [0, 0.05) is 10.5 Å². The topological polar surface area (TPSA) is 72.2 Å². The van der Waals surface area contributed by atoms with Gasteiger partial charge in [0.15, 0.2) is 0 Å². The van der Waals surface area contributed by atoms with Crippen LogP contribution < -0.4 is 10.5 Å². The summed E-state index contributed by atoms with van der Waals surface area (Å²) in [4.78, 5) is 0.292. The largest absolute Gasteiger partial charge is 0.330 e. The van der Waals surface area contributed by atoms with Crippen LogP contribution in [0.4, 0.5) is 0 Å². The minimum Gasteiger partial charge on any atom is -0.330 e. The fourth-order valence-electron chi connectivity index (χ4n) is 2.56. The van der Waals surface area contributed by atoms with E-state index >= 15 is 0 Å². The quantitative estimate of drug-likeness (QED) is 0.877. The Morgan fingerprint density at radius 2 is 2.16 bits per heavy atom. The average molecular weight is 347 g/mol. The molecule has 0 saturated heterocycles. The summed E-state index contributed by atoms with van der Waals surface area (Å²) in [5, 5.41) is 0. The Kier molecular flexibility index (Phi) is 4.66. The average Bonchev–Trinajstić information content (AvgIpc) is 2.74. The number of sulfonamides is 1. The van der Waals surface area contributed by atoms with Gasteiger partial charge < -0.3 is 5.73 Å². The van der Waals surface area contributed by atoms with E-state index in [1.54, 1.807) is 12.1 Å². The summed E-state index contributed by atoms with van der Waals surface area (Å²) in [6, 6.07) is 5.20. The van der Waals surface area contributed by atoms with Crippen LogP contribution in [0.15, 0.2) is 27.6 Å². The van der Waals surface area contributed by atoms with Gasteiger partial charge in [0.1, 0.15) is 0 Å². The summed E-state index contributed by atoms with van der Waals surface area (Å²) in [6.45, 7) is 2.46. The molecule has 1 saturated carbocycles. The molecule has 2 rings (SSSR count). The van der Waals surface area contributed by atoms with Crippen LogP contribution in [0.1, 0.15) is 24.8 Å². The van der Waals surface area contributed by atoms with E-state index < -0.39 is 10.0 Å². The molecule has 19 heavy (non-hydrogen) atoms. The Bertz CT molecular complexity index is 560. The van der Waals surface area contributed by atoms with Gasteiger partial charge in [0.2, 0.25) is 10.0 Å². The highest BCUT2D eigenvalue weighted by molar-refractivity contribution is 9.10. The number of aryl methyl sites for hydroxylation is 1. The second-order valence-corrected chi connectivity index (χ2v) is 7.63. The van der Waals surface area contributed by atoms with E-state index in [1.165, 1.54) is 0 Å². The molecule has 0 radical (unpaired) electrons. The third kappa shape index (κ3) is 3.37. The van der Waals surface area contributed by atoms with Crippen molar-refractivity contribution < 1.29 is 8.42 Å². The maximum Gasteiger partial charge on any atom is 0.241 e. The highest BCUT2D eigenvalue weighted by Gasteiger charge is 2.30. The monoisotopic (exact) mass is 346 g/mol. The summed E-state index contributed by atoms with van der Waals surface area (Å²) >= 11 is 3.32. The lowest BCUT2D eigenvalue weighted by molar-refractivity contribution is 0.452. The Morgan fingerprint density at radius 3 is 2.79 bits per heavy atom. The first-order valence-electron chi connectivity index (χ1n) is 6.42. The zero-order valence-corrected chi connectivity index (χ0v) is 13.3. The van der Waals surface area contributed by atoms with Crippen molar-refractivity contribution in [1.82, 2.24) is 4.72 Å². The molecule has 0 aromatic heterocycles. The number of benzene rings is 1. The maximum absolute atomic E-state index is 12.4. The van der Waals surface area contributed by atoms with Crippen LogP contribution in [0.3, 0.4) is 0 Å². The fourth-order valence-corrected chi connectivity index (χ4v) is 5.09. The number of rotatable bonds is 4. The van der Waals surface area contributed by atoms with Crippen LogP contribution in [-0.4, -0.2) is 21.0 Å².